The molecule has 8 nitrogen and oxygen atoms in total. The number of allylic oxidation sites excluding steroid dienone is 3. The van der Waals surface area contributed by atoms with Gasteiger partial charge in [0.15, 0.2) is 0 Å². The number of nitrogens with one attached hydrogen (secondary N) is 3. The predicted molar refractivity (Wildman–Crippen MR) is 247 cm³/mol. The van der Waals surface area contributed by atoms with Gasteiger partial charge in [-0.15, -0.1) is 4.57 Å². The molecule has 0 saturated carbocycles. The van der Waals surface area contributed by atoms with Crippen molar-refractivity contribution < 1.29 is 4.57 Å². The number of unbranched alkanes of at least 4 members (excludes halogenated alkanes) is 5. The van der Waals surface area contributed by atoms with Gasteiger partial charge in [0.1, 0.15) is 11.0 Å². The number of fused-ring (bicyclic) bond motifs is 2. The fourth-order valence-electron chi connectivity index (χ4n) is 7.80. The summed E-state index contributed by atoms with van der Waals surface area (Å²) in [7, 11) is 0. The highest BCUT2D eigenvalue weighted by atomic mass is 15.0. The van der Waals surface area contributed by atoms with Gasteiger partial charge in [-0.3, -0.25) is 4.99 Å². The van der Waals surface area contributed by atoms with Gasteiger partial charge < -0.3 is 27.4 Å². The van der Waals surface area contributed by atoms with Crippen LogP contribution >= 0.6 is 0 Å². The van der Waals surface area contributed by atoms with Gasteiger partial charge in [0.25, 0.3) is 0 Å². The molecule has 1 heterocycles. The Morgan fingerprint density at radius 2 is 1.22 bits per heavy atom. The number of hydrogen-bond donors (Lipinski definition) is 5. The van der Waals surface area contributed by atoms with Crippen LogP contribution in [0.3, 0.4) is 0 Å². The first-order valence-electron chi connectivity index (χ1n) is 20.8. The molecule has 1 aromatic heterocycles. The Labute approximate surface area is 344 Å². The van der Waals surface area contributed by atoms with Gasteiger partial charge >= 0.3 is 0 Å². The molecule has 7 N–H and O–H groups in total. The van der Waals surface area contributed by atoms with Crippen LogP contribution in [0.2, 0.25) is 0 Å². The largest absolute Gasteiger partial charge is 0.398 e. The van der Waals surface area contributed by atoms with E-state index in [0.29, 0.717) is 0 Å². The molecule has 7 rings (SSSR count). The lowest BCUT2D eigenvalue weighted by Crippen LogP contribution is -2.34. The number of aromatic nitrogens is 2. The molecule has 6 aromatic rings. The molecule has 0 spiro atoms. The Morgan fingerprint density at radius 3 is 1.95 bits per heavy atom. The maximum atomic E-state index is 6.43. The number of nitrogen functional groups attached to an aromatic ring is 2. The summed E-state index contributed by atoms with van der Waals surface area (Å²) >= 11 is 0. The molecule has 0 unspecified atom stereocenters. The molecule has 0 bridgehead atoms. The van der Waals surface area contributed by atoms with E-state index in [0.717, 1.165) is 111 Å². The third kappa shape index (κ3) is 9.18. The first-order chi connectivity index (χ1) is 28.0. The van der Waals surface area contributed by atoms with Crippen LogP contribution in [0, 0.1) is 34.6 Å². The average molecular weight is 772 g/mol. The molecule has 0 atom stereocenters. The molecule has 1 aliphatic rings. The molecular formula is C50H59N8+. The number of nitrogens with two attached hydrogens (primary N) is 2. The lowest BCUT2D eigenvalue weighted by molar-refractivity contribution is -0.538. The lowest BCUT2D eigenvalue weighted by atomic mass is 10.0. The number of nitrogens with zero attached hydrogens (tertiary/aromatic N) is 3. The number of benzene rings is 5. The SMILES string of the molecule is CC1=CC(=Nc2cc(C)c(N)cc2Nc2ccccc2C)CC=C1NCCCCCCCCNc1cc2c(cc1C)nc1cc(C)c(N)cc1[n+]2-c1ccccc1C. The van der Waals surface area contributed by atoms with Crippen molar-refractivity contribution in [2.45, 2.75) is 86.5 Å². The lowest BCUT2D eigenvalue weighted by Gasteiger charge is -2.18. The van der Waals surface area contributed by atoms with E-state index in [4.69, 9.17) is 21.4 Å². The molecule has 0 radical (unpaired) electrons. The fourth-order valence-corrected chi connectivity index (χ4v) is 7.80. The highest BCUT2D eigenvalue weighted by molar-refractivity contribution is 6.01. The quantitative estimate of drug-likeness (QED) is 0.0307. The topological polar surface area (TPSA) is 117 Å². The number of anilines is 5. The summed E-state index contributed by atoms with van der Waals surface area (Å²) in [6, 6.07) is 29.5. The molecule has 298 valence electrons. The summed E-state index contributed by atoms with van der Waals surface area (Å²) in [4.78, 5) is 10.2. The van der Waals surface area contributed by atoms with Crippen molar-refractivity contribution in [1.82, 2.24) is 10.3 Å². The molecular weight excluding hydrogens is 713 g/mol. The standard InChI is InChI=1S/C50H58N8/c1-32-17-11-13-19-42(32)56-45-29-39(51)34(3)26-44(45)55-38-21-22-41(36(5)25-38)53-23-15-9-7-8-10-16-24-54-43-31-50-47(28-37(43)6)57-46-27-35(4)40(52)30-49(46)58(50)48-20-14-12-18-33(48)2/h11-14,17-20,22,25-31,53,56H,7-10,15-16,21,23-24,51H2,1-6H3,(H2,52,54)/p+1. The van der Waals surface area contributed by atoms with Gasteiger partial charge in [-0.2, -0.15) is 0 Å². The van der Waals surface area contributed by atoms with E-state index in [9.17, 15) is 0 Å². The van der Waals surface area contributed by atoms with Crippen LogP contribution in [0.1, 0.15) is 79.7 Å². The van der Waals surface area contributed by atoms with Crippen LogP contribution in [0.25, 0.3) is 27.8 Å². The van der Waals surface area contributed by atoms with Gasteiger partial charge in [-0.25, -0.2) is 4.98 Å². The number of aryl methyl sites for hydroxylation is 5. The smallest absolute Gasteiger partial charge is 0.239 e. The van der Waals surface area contributed by atoms with Crippen LogP contribution in [0.4, 0.5) is 34.1 Å². The van der Waals surface area contributed by atoms with Crippen molar-refractivity contribution in [3.8, 4) is 5.69 Å². The minimum atomic E-state index is 0.757. The van der Waals surface area contributed by atoms with E-state index >= 15 is 0 Å². The highest BCUT2D eigenvalue weighted by Crippen LogP contribution is 2.35. The van der Waals surface area contributed by atoms with Crippen LogP contribution in [-0.4, -0.2) is 23.8 Å². The number of para-hydroxylation sites is 2. The number of hydrogen-bond acceptors (Lipinski definition) is 7. The Kier molecular flexibility index (Phi) is 12.4. The highest BCUT2D eigenvalue weighted by Gasteiger charge is 2.23. The molecule has 58 heavy (non-hydrogen) atoms. The van der Waals surface area contributed by atoms with E-state index in [1.54, 1.807) is 0 Å². The van der Waals surface area contributed by atoms with Gasteiger partial charge in [0.2, 0.25) is 16.7 Å². The van der Waals surface area contributed by atoms with Crippen molar-refractivity contribution in [1.29, 1.82) is 0 Å². The maximum absolute atomic E-state index is 6.43. The Hall–Kier alpha value is -6.15. The van der Waals surface area contributed by atoms with E-state index in [2.05, 4.69) is 127 Å². The zero-order chi connectivity index (χ0) is 40.8. The normalized spacial score (nSPS) is 13.5. The second-order valence-corrected chi connectivity index (χ2v) is 16.0. The van der Waals surface area contributed by atoms with Crippen molar-refractivity contribution in [3.63, 3.8) is 0 Å². The Morgan fingerprint density at radius 1 is 0.603 bits per heavy atom. The van der Waals surface area contributed by atoms with Crippen LogP contribution in [-0.2, 0) is 0 Å². The van der Waals surface area contributed by atoms with Crippen molar-refractivity contribution in [3.05, 3.63) is 136 Å². The maximum Gasteiger partial charge on any atom is 0.239 e. The average Bonchev–Trinajstić information content (AvgIpc) is 3.19. The summed E-state index contributed by atoms with van der Waals surface area (Å²) in [5, 5.41) is 11.0. The van der Waals surface area contributed by atoms with Gasteiger partial charge in [-0.05, 0) is 119 Å². The van der Waals surface area contributed by atoms with Gasteiger partial charge in [0, 0.05) is 77.4 Å². The zero-order valence-corrected chi connectivity index (χ0v) is 35.1. The van der Waals surface area contributed by atoms with E-state index in [1.807, 2.05) is 32.0 Å². The monoisotopic (exact) mass is 771 g/mol. The fraction of sp³-hybridized carbons (Fsp3) is 0.300. The summed E-state index contributed by atoms with van der Waals surface area (Å²) < 4.78 is 2.32. The zero-order valence-electron chi connectivity index (χ0n) is 35.1. The second-order valence-electron chi connectivity index (χ2n) is 16.0. The molecule has 0 aliphatic heterocycles. The molecule has 8 heteroatoms. The van der Waals surface area contributed by atoms with E-state index in [-0.39, 0.29) is 0 Å². The molecule has 1 aliphatic carbocycles. The second kappa shape index (κ2) is 18.0. The Balaban J connectivity index is 0.875. The molecule has 0 fully saturated rings. The third-order valence-electron chi connectivity index (χ3n) is 11.4. The van der Waals surface area contributed by atoms with Crippen LogP contribution < -0.4 is 32.0 Å². The van der Waals surface area contributed by atoms with Crippen LogP contribution in [0.5, 0.6) is 0 Å². The number of aliphatic imine (C=N–C) groups is 1. The third-order valence-corrected chi connectivity index (χ3v) is 11.4. The van der Waals surface area contributed by atoms with E-state index in [1.165, 1.54) is 53.6 Å². The first-order valence-corrected chi connectivity index (χ1v) is 20.8. The first kappa shape index (κ1) is 40.1. The minimum Gasteiger partial charge on any atom is -0.398 e. The summed E-state index contributed by atoms with van der Waals surface area (Å²) in [6.07, 6.45) is 12.5. The van der Waals surface area contributed by atoms with E-state index < -0.39 is 0 Å². The molecule has 0 amide bonds. The minimum absolute atomic E-state index is 0.757. The number of rotatable bonds is 15. The Bertz CT molecular complexity index is 2560. The van der Waals surface area contributed by atoms with Crippen molar-refractivity contribution >= 4 is 61.9 Å². The van der Waals surface area contributed by atoms with Gasteiger partial charge in [0.05, 0.1) is 11.4 Å². The predicted octanol–water partition coefficient (Wildman–Crippen LogP) is 11.5. The molecule has 5 aromatic carbocycles. The van der Waals surface area contributed by atoms with Crippen molar-refractivity contribution in [2.75, 3.05) is 35.2 Å². The summed E-state index contributed by atoms with van der Waals surface area (Å²) in [5.41, 5.74) is 32.6. The van der Waals surface area contributed by atoms with Gasteiger partial charge in [-0.1, -0.05) is 68.2 Å². The van der Waals surface area contributed by atoms with Crippen molar-refractivity contribution in [2.24, 2.45) is 4.99 Å². The molecule has 0 saturated heterocycles. The summed E-state index contributed by atoms with van der Waals surface area (Å²) in [5.74, 6) is 0. The summed E-state index contributed by atoms with van der Waals surface area (Å²) in [6.45, 7) is 14.6. The van der Waals surface area contributed by atoms with Crippen LogP contribution in [0.15, 0.2) is 113 Å².